The Balaban J connectivity index is 1.04. The Hall–Kier alpha value is -7.72. The van der Waals surface area contributed by atoms with Crippen LogP contribution in [0.5, 0.6) is 0 Å². The summed E-state index contributed by atoms with van der Waals surface area (Å²) in [6.07, 6.45) is 3.77. The second kappa shape index (κ2) is 12.4. The summed E-state index contributed by atoms with van der Waals surface area (Å²) >= 11 is 1.84. The fraction of sp³-hybridized carbons (Fsp3) is 0.0185. The Labute approximate surface area is 349 Å². The molecule has 0 amide bonds. The highest BCUT2D eigenvalue weighted by atomic mass is 32.2. The van der Waals surface area contributed by atoms with Crippen LogP contribution in [0, 0.1) is 11.3 Å². The minimum absolute atomic E-state index is 0.642. The minimum atomic E-state index is -0.642. The molecule has 11 aromatic rings. The van der Waals surface area contributed by atoms with E-state index in [1.54, 1.807) is 0 Å². The smallest absolute Gasteiger partial charge is 0.0991 e. The van der Waals surface area contributed by atoms with Crippen molar-refractivity contribution in [2.75, 3.05) is 0 Å². The largest absolute Gasteiger partial charge is 0.309 e. The molecule has 0 unspecified atom stereocenters. The van der Waals surface area contributed by atoms with E-state index in [1.807, 2.05) is 42.4 Å². The number of nitriles is 1. The van der Waals surface area contributed by atoms with Gasteiger partial charge < -0.3 is 9.13 Å². The normalized spacial score (nSPS) is 13.4. The van der Waals surface area contributed by atoms with Gasteiger partial charge in [0.15, 0.2) is 0 Å². The predicted octanol–water partition coefficient (Wildman–Crippen LogP) is 13.0. The molecule has 0 N–H and O–H groups in total. The molecule has 13 rings (SSSR count). The minimum Gasteiger partial charge on any atom is -0.309 e. The van der Waals surface area contributed by atoms with Crippen molar-refractivity contribution in [3.63, 3.8) is 0 Å². The van der Waals surface area contributed by atoms with E-state index in [4.69, 9.17) is 9.97 Å². The molecule has 0 bridgehead atoms. The standard InChI is InChI=1S/C54H31N5S/c55-32-33-18-23-48-40(28-33)41-29-34(20-24-49(41)58(48)36-10-2-1-3-11-36)35-19-22-42-51(30-35)60-50-25-21-37(59-46-16-6-4-12-38(46)39-13-5-7-17-47(39)59)31-45(50)54(42)43-14-8-26-56-52(43)53-44(54)15-9-27-57-53/h1-31H. The van der Waals surface area contributed by atoms with Gasteiger partial charge in [0.1, 0.15) is 0 Å². The summed E-state index contributed by atoms with van der Waals surface area (Å²) in [5, 5.41) is 14.6. The molecule has 7 aromatic carbocycles. The monoisotopic (exact) mass is 781 g/mol. The lowest BCUT2D eigenvalue weighted by atomic mass is 9.67. The van der Waals surface area contributed by atoms with Crippen LogP contribution < -0.4 is 0 Å². The molecule has 0 radical (unpaired) electrons. The number of benzene rings is 7. The summed E-state index contributed by atoms with van der Waals surface area (Å²) in [4.78, 5) is 12.4. The SMILES string of the molecule is N#Cc1ccc2c(c1)c1cc(-c3ccc4c(c3)Sc3ccc(-n5c6ccccc6c6ccccc65)cc3C43c4cccnc4-c4ncccc43)ccc1n2-c1ccccc1. The lowest BCUT2D eigenvalue weighted by Crippen LogP contribution is -2.32. The van der Waals surface area contributed by atoms with Crippen LogP contribution in [0.4, 0.5) is 0 Å². The first-order valence-electron chi connectivity index (χ1n) is 20.1. The van der Waals surface area contributed by atoms with Crippen molar-refractivity contribution in [3.8, 4) is 40.0 Å². The molecule has 6 heteroatoms. The Kier molecular flexibility index (Phi) is 6.87. The molecule has 0 atom stereocenters. The van der Waals surface area contributed by atoms with Crippen LogP contribution in [-0.4, -0.2) is 19.1 Å². The lowest BCUT2D eigenvalue weighted by molar-refractivity contribution is 0.718. The quantitative estimate of drug-likeness (QED) is 0.179. The highest BCUT2D eigenvalue weighted by molar-refractivity contribution is 7.99. The van der Waals surface area contributed by atoms with Crippen LogP contribution in [0.3, 0.4) is 0 Å². The Morgan fingerprint density at radius 3 is 1.75 bits per heavy atom. The van der Waals surface area contributed by atoms with Crippen LogP contribution in [0.25, 0.3) is 77.5 Å². The van der Waals surface area contributed by atoms with Gasteiger partial charge in [-0.3, -0.25) is 9.97 Å². The molecule has 0 saturated carbocycles. The number of fused-ring (bicyclic) bond motifs is 15. The van der Waals surface area contributed by atoms with Crippen molar-refractivity contribution in [3.05, 3.63) is 216 Å². The van der Waals surface area contributed by atoms with Gasteiger partial charge in [-0.05, 0) is 124 Å². The van der Waals surface area contributed by atoms with Crippen LogP contribution in [-0.2, 0) is 5.41 Å². The van der Waals surface area contributed by atoms with Crippen molar-refractivity contribution < 1.29 is 0 Å². The van der Waals surface area contributed by atoms with Crippen molar-refractivity contribution in [1.82, 2.24) is 19.1 Å². The fourth-order valence-corrected chi connectivity index (χ4v) is 11.5. The van der Waals surface area contributed by atoms with E-state index in [1.165, 1.54) is 42.7 Å². The number of pyridine rings is 2. The highest BCUT2D eigenvalue weighted by Gasteiger charge is 2.51. The Bertz CT molecular complexity index is 3570. The van der Waals surface area contributed by atoms with Gasteiger partial charge in [0, 0.05) is 55.1 Å². The van der Waals surface area contributed by atoms with Gasteiger partial charge in [-0.25, -0.2) is 0 Å². The number of hydrogen-bond acceptors (Lipinski definition) is 4. The van der Waals surface area contributed by atoms with E-state index in [0.29, 0.717) is 5.56 Å². The van der Waals surface area contributed by atoms with Crippen molar-refractivity contribution in [2.45, 2.75) is 15.2 Å². The van der Waals surface area contributed by atoms with Crippen molar-refractivity contribution in [2.24, 2.45) is 0 Å². The average Bonchev–Trinajstić information content (AvgIpc) is 3.93. The molecule has 5 heterocycles. The van der Waals surface area contributed by atoms with Gasteiger partial charge in [-0.1, -0.05) is 96.7 Å². The van der Waals surface area contributed by atoms with E-state index in [-0.39, 0.29) is 0 Å². The average molecular weight is 782 g/mol. The van der Waals surface area contributed by atoms with Crippen LogP contribution in [0.15, 0.2) is 198 Å². The maximum absolute atomic E-state index is 9.90. The first kappa shape index (κ1) is 33.3. The zero-order chi connectivity index (χ0) is 39.5. The molecular formula is C54H31N5S. The highest BCUT2D eigenvalue weighted by Crippen LogP contribution is 2.62. The molecule has 278 valence electrons. The maximum Gasteiger partial charge on any atom is 0.0991 e. The second-order valence-corrected chi connectivity index (χ2v) is 16.7. The number of nitrogens with zero attached hydrogens (tertiary/aromatic N) is 5. The number of hydrogen-bond donors (Lipinski definition) is 0. The maximum atomic E-state index is 9.90. The number of aromatic nitrogens is 4. The summed E-state index contributed by atoms with van der Waals surface area (Å²) in [5.41, 5.74) is 15.6. The van der Waals surface area contributed by atoms with Crippen LogP contribution >= 0.6 is 11.8 Å². The summed E-state index contributed by atoms with van der Waals surface area (Å²) in [7, 11) is 0. The van der Waals surface area contributed by atoms with Gasteiger partial charge >= 0.3 is 0 Å². The van der Waals surface area contributed by atoms with E-state index in [9.17, 15) is 5.26 Å². The van der Waals surface area contributed by atoms with Crippen molar-refractivity contribution in [1.29, 1.82) is 5.26 Å². The molecular weight excluding hydrogens is 751 g/mol. The van der Waals surface area contributed by atoms with E-state index in [2.05, 4.69) is 173 Å². The molecule has 4 aromatic heterocycles. The zero-order valence-electron chi connectivity index (χ0n) is 32.0. The zero-order valence-corrected chi connectivity index (χ0v) is 32.9. The first-order valence-corrected chi connectivity index (χ1v) is 20.9. The van der Waals surface area contributed by atoms with Crippen LogP contribution in [0.2, 0.25) is 0 Å². The van der Waals surface area contributed by atoms with E-state index >= 15 is 0 Å². The summed E-state index contributed by atoms with van der Waals surface area (Å²) in [5.74, 6) is 0. The third-order valence-corrected chi connectivity index (χ3v) is 13.8. The summed E-state index contributed by atoms with van der Waals surface area (Å²) < 4.78 is 4.71. The molecule has 0 saturated heterocycles. The molecule has 5 nitrogen and oxygen atoms in total. The molecule has 0 fully saturated rings. The lowest BCUT2D eigenvalue weighted by Gasteiger charge is -2.39. The van der Waals surface area contributed by atoms with Gasteiger partial charge in [0.05, 0.1) is 50.5 Å². The Morgan fingerprint density at radius 2 is 1.03 bits per heavy atom. The number of para-hydroxylation sites is 3. The topological polar surface area (TPSA) is 59.4 Å². The van der Waals surface area contributed by atoms with Crippen molar-refractivity contribution >= 4 is 55.4 Å². The Morgan fingerprint density at radius 1 is 0.433 bits per heavy atom. The third-order valence-electron chi connectivity index (χ3n) is 12.7. The van der Waals surface area contributed by atoms with E-state index in [0.717, 1.165) is 66.8 Å². The van der Waals surface area contributed by atoms with Gasteiger partial charge in [-0.15, -0.1) is 0 Å². The van der Waals surface area contributed by atoms with Gasteiger partial charge in [-0.2, -0.15) is 5.26 Å². The molecule has 1 spiro atoms. The van der Waals surface area contributed by atoms with Gasteiger partial charge in [0.2, 0.25) is 0 Å². The molecule has 1 aliphatic heterocycles. The predicted molar refractivity (Wildman–Crippen MR) is 242 cm³/mol. The van der Waals surface area contributed by atoms with E-state index < -0.39 is 5.41 Å². The van der Waals surface area contributed by atoms with Gasteiger partial charge in [0.25, 0.3) is 0 Å². The first-order chi connectivity index (χ1) is 29.7. The summed E-state index contributed by atoms with van der Waals surface area (Å²) in [6, 6.07) is 65.6. The molecule has 1 aliphatic carbocycles. The summed E-state index contributed by atoms with van der Waals surface area (Å²) in [6.45, 7) is 0. The second-order valence-electron chi connectivity index (χ2n) is 15.7. The molecule has 2 aliphatic rings. The third kappa shape index (κ3) is 4.42. The van der Waals surface area contributed by atoms with Crippen LogP contribution in [0.1, 0.15) is 27.8 Å². The fourth-order valence-electron chi connectivity index (χ4n) is 10.2. The molecule has 60 heavy (non-hydrogen) atoms. The number of rotatable bonds is 3.